The molecule has 6 nitrogen and oxygen atoms in total. The third-order valence-corrected chi connectivity index (χ3v) is 4.59. The van der Waals surface area contributed by atoms with Gasteiger partial charge in [0.15, 0.2) is 0 Å². The number of amides is 2. The van der Waals surface area contributed by atoms with Crippen LogP contribution in [-0.4, -0.2) is 21.4 Å². The van der Waals surface area contributed by atoms with Crippen molar-refractivity contribution in [3.8, 4) is 0 Å². The number of nitrogens with one attached hydrogen (secondary N) is 2. The van der Waals surface area contributed by atoms with E-state index in [0.717, 1.165) is 11.0 Å². The van der Waals surface area contributed by atoms with Crippen LogP contribution in [0.5, 0.6) is 0 Å². The van der Waals surface area contributed by atoms with Crippen LogP contribution in [0.2, 0.25) is 10.0 Å². The van der Waals surface area contributed by atoms with E-state index in [1.807, 2.05) is 24.3 Å². The summed E-state index contributed by atoms with van der Waals surface area (Å²) in [6, 6.07) is 11.6. The van der Waals surface area contributed by atoms with Crippen LogP contribution in [0.3, 0.4) is 0 Å². The Bertz CT molecular complexity index is 1020. The number of rotatable bonds is 3. The Kier molecular flexibility index (Phi) is 3.86. The minimum atomic E-state index is -0.666. The van der Waals surface area contributed by atoms with Crippen molar-refractivity contribution in [1.82, 2.24) is 9.55 Å². The highest BCUT2D eigenvalue weighted by atomic mass is 35.5. The molecule has 2 heterocycles. The predicted molar refractivity (Wildman–Crippen MR) is 97.1 cm³/mol. The van der Waals surface area contributed by atoms with Crippen molar-refractivity contribution in [2.45, 2.75) is 12.5 Å². The second-order valence-corrected chi connectivity index (χ2v) is 6.52. The van der Waals surface area contributed by atoms with E-state index in [1.165, 1.54) is 0 Å². The van der Waals surface area contributed by atoms with Crippen LogP contribution in [0, 0.1) is 0 Å². The van der Waals surface area contributed by atoms with E-state index in [0.29, 0.717) is 21.7 Å². The molecule has 3 aromatic rings. The molecular formula is C17H12Cl2N4O2. The summed E-state index contributed by atoms with van der Waals surface area (Å²) in [6.45, 7) is 0. The average molecular weight is 375 g/mol. The van der Waals surface area contributed by atoms with Crippen LogP contribution in [0.1, 0.15) is 12.5 Å². The third-order valence-electron chi connectivity index (χ3n) is 4.03. The van der Waals surface area contributed by atoms with Crippen LogP contribution >= 0.6 is 23.2 Å². The van der Waals surface area contributed by atoms with Gasteiger partial charge in [-0.1, -0.05) is 35.3 Å². The zero-order valence-corrected chi connectivity index (χ0v) is 14.3. The summed E-state index contributed by atoms with van der Waals surface area (Å²) in [5.74, 6) is -0.152. The molecule has 0 aliphatic carbocycles. The lowest BCUT2D eigenvalue weighted by molar-refractivity contribution is -0.123. The van der Waals surface area contributed by atoms with Crippen molar-refractivity contribution in [1.29, 1.82) is 0 Å². The van der Waals surface area contributed by atoms with Crippen molar-refractivity contribution in [3.63, 3.8) is 0 Å². The molecule has 4 rings (SSSR count). The van der Waals surface area contributed by atoms with Crippen molar-refractivity contribution in [2.75, 3.05) is 10.6 Å². The first kappa shape index (κ1) is 15.9. The fraction of sp³-hybridized carbons (Fsp3) is 0.118. The maximum atomic E-state index is 12.4. The minimum Gasteiger partial charge on any atom is -0.325 e. The molecule has 8 heteroatoms. The maximum absolute atomic E-state index is 12.4. The molecule has 1 atom stereocenters. The van der Waals surface area contributed by atoms with Gasteiger partial charge >= 0.3 is 0 Å². The average Bonchev–Trinajstić information content (AvgIpc) is 3.07. The second kappa shape index (κ2) is 6.06. The largest absolute Gasteiger partial charge is 0.325 e. The zero-order chi connectivity index (χ0) is 17.6. The predicted octanol–water partition coefficient (Wildman–Crippen LogP) is 3.87. The minimum absolute atomic E-state index is 0.0397. The fourth-order valence-electron chi connectivity index (χ4n) is 2.91. The van der Waals surface area contributed by atoms with E-state index < -0.39 is 6.04 Å². The number of hydrogen-bond acceptors (Lipinski definition) is 3. The summed E-state index contributed by atoms with van der Waals surface area (Å²) in [6.07, 6.45) is -0.0397. The maximum Gasteiger partial charge on any atom is 0.250 e. The molecule has 0 saturated carbocycles. The first-order valence-electron chi connectivity index (χ1n) is 7.55. The smallest absolute Gasteiger partial charge is 0.250 e. The van der Waals surface area contributed by atoms with E-state index in [4.69, 9.17) is 23.2 Å². The Morgan fingerprint density at radius 3 is 2.88 bits per heavy atom. The van der Waals surface area contributed by atoms with Gasteiger partial charge in [0.1, 0.15) is 6.04 Å². The van der Waals surface area contributed by atoms with Gasteiger partial charge in [-0.3, -0.25) is 19.5 Å². The summed E-state index contributed by atoms with van der Waals surface area (Å²) < 4.78 is 1.75. The summed E-state index contributed by atoms with van der Waals surface area (Å²) in [4.78, 5) is 29.0. The molecule has 0 radical (unpaired) electrons. The van der Waals surface area contributed by atoms with E-state index in [1.54, 1.807) is 22.8 Å². The number of halogens is 2. The van der Waals surface area contributed by atoms with Crippen LogP contribution in [0.15, 0.2) is 42.5 Å². The Labute approximate surface area is 152 Å². The molecule has 0 bridgehead atoms. The normalized spacial score (nSPS) is 15.9. The number of carbonyl (C=O) groups excluding carboxylic acids is 2. The van der Waals surface area contributed by atoms with Gasteiger partial charge < -0.3 is 5.32 Å². The van der Waals surface area contributed by atoms with Gasteiger partial charge in [-0.15, -0.1) is 0 Å². The van der Waals surface area contributed by atoms with Crippen molar-refractivity contribution in [3.05, 3.63) is 52.5 Å². The van der Waals surface area contributed by atoms with Gasteiger partial charge in [0.05, 0.1) is 28.2 Å². The number of nitrogens with zero attached hydrogens (tertiary/aromatic N) is 2. The van der Waals surface area contributed by atoms with Gasteiger partial charge in [0.2, 0.25) is 17.8 Å². The number of para-hydroxylation sites is 2. The highest BCUT2D eigenvalue weighted by Gasteiger charge is 2.34. The molecule has 25 heavy (non-hydrogen) atoms. The molecular weight excluding hydrogens is 363 g/mol. The monoisotopic (exact) mass is 374 g/mol. The van der Waals surface area contributed by atoms with Gasteiger partial charge in [-0.05, 0) is 30.3 Å². The lowest BCUT2D eigenvalue weighted by Crippen LogP contribution is -2.23. The molecule has 0 spiro atoms. The first-order valence-corrected chi connectivity index (χ1v) is 8.31. The van der Waals surface area contributed by atoms with Gasteiger partial charge in [0.25, 0.3) is 0 Å². The SMILES string of the molecule is O=C(CC1C(=O)Nc2nc3ccccc3n21)Nc1cc(Cl)ccc1Cl. The molecule has 0 saturated heterocycles. The van der Waals surface area contributed by atoms with Gasteiger partial charge in [-0.25, -0.2) is 4.98 Å². The molecule has 0 fully saturated rings. The Morgan fingerprint density at radius 2 is 2.04 bits per heavy atom. The Hall–Kier alpha value is -2.57. The summed E-state index contributed by atoms with van der Waals surface area (Å²) in [7, 11) is 0. The lowest BCUT2D eigenvalue weighted by Gasteiger charge is -2.12. The molecule has 2 amide bonds. The fourth-order valence-corrected chi connectivity index (χ4v) is 3.25. The number of imidazole rings is 1. The first-order chi connectivity index (χ1) is 12.0. The number of carbonyl (C=O) groups is 2. The summed E-state index contributed by atoms with van der Waals surface area (Å²) in [5, 5.41) is 6.25. The summed E-state index contributed by atoms with van der Waals surface area (Å²) in [5.41, 5.74) is 1.98. The van der Waals surface area contributed by atoms with Crippen molar-refractivity contribution >= 4 is 57.7 Å². The van der Waals surface area contributed by atoms with Crippen LogP contribution in [0.25, 0.3) is 11.0 Å². The lowest BCUT2D eigenvalue weighted by atomic mass is 10.1. The molecule has 1 aromatic heterocycles. The highest BCUT2D eigenvalue weighted by molar-refractivity contribution is 6.35. The third kappa shape index (κ3) is 2.83. The van der Waals surface area contributed by atoms with Gasteiger partial charge in [0, 0.05) is 5.02 Å². The number of fused-ring (bicyclic) bond motifs is 3. The summed E-state index contributed by atoms with van der Waals surface area (Å²) >= 11 is 12.0. The molecule has 126 valence electrons. The molecule has 2 N–H and O–H groups in total. The van der Waals surface area contributed by atoms with Crippen molar-refractivity contribution < 1.29 is 9.59 Å². The number of anilines is 2. The Morgan fingerprint density at radius 1 is 1.24 bits per heavy atom. The Balaban J connectivity index is 1.60. The molecule has 1 unspecified atom stereocenters. The molecule has 1 aliphatic rings. The highest BCUT2D eigenvalue weighted by Crippen LogP contribution is 2.33. The van der Waals surface area contributed by atoms with E-state index in [-0.39, 0.29) is 18.2 Å². The van der Waals surface area contributed by atoms with E-state index in [9.17, 15) is 9.59 Å². The topological polar surface area (TPSA) is 76.0 Å². The molecule has 2 aromatic carbocycles. The van der Waals surface area contributed by atoms with Gasteiger partial charge in [-0.2, -0.15) is 0 Å². The van der Waals surface area contributed by atoms with Crippen LogP contribution < -0.4 is 10.6 Å². The zero-order valence-electron chi connectivity index (χ0n) is 12.8. The second-order valence-electron chi connectivity index (χ2n) is 5.68. The van der Waals surface area contributed by atoms with Crippen LogP contribution in [0.4, 0.5) is 11.6 Å². The standard InChI is InChI=1S/C17H12Cl2N4O2/c18-9-5-6-10(19)12(7-9)20-15(24)8-14-16(25)22-17-21-11-3-1-2-4-13(11)23(14)17/h1-7,14H,8H2,(H,20,24)(H,21,22,25). The number of aromatic nitrogens is 2. The van der Waals surface area contributed by atoms with Crippen LogP contribution in [-0.2, 0) is 9.59 Å². The van der Waals surface area contributed by atoms with Crippen molar-refractivity contribution in [2.24, 2.45) is 0 Å². The van der Waals surface area contributed by atoms with E-state index in [2.05, 4.69) is 15.6 Å². The molecule has 1 aliphatic heterocycles. The number of hydrogen-bond donors (Lipinski definition) is 2. The quantitative estimate of drug-likeness (QED) is 0.730. The number of benzene rings is 2. The van der Waals surface area contributed by atoms with E-state index >= 15 is 0 Å².